The van der Waals surface area contributed by atoms with Crippen molar-refractivity contribution in [2.75, 3.05) is 46.6 Å². The van der Waals surface area contributed by atoms with Gasteiger partial charge in [0.05, 0.1) is 37.2 Å². The fraction of sp³-hybridized carbons (Fsp3) is 0.480. The van der Waals surface area contributed by atoms with Crippen molar-refractivity contribution in [1.82, 2.24) is 19.8 Å². The second-order valence-electron chi connectivity index (χ2n) is 9.40. The molecule has 2 aromatic heterocycles. The Morgan fingerprint density at radius 2 is 2.03 bits per heavy atom. The quantitative estimate of drug-likeness (QED) is 0.320. The average molecular weight is 546 g/mol. The summed E-state index contributed by atoms with van der Waals surface area (Å²) in [6, 6.07) is 2.38. The van der Waals surface area contributed by atoms with Crippen molar-refractivity contribution in [2.45, 2.75) is 31.0 Å². The molecule has 7 nitrogen and oxygen atoms in total. The SMILES string of the molecule is CN(CCCF)CCOc1ncc(F)c([C@@H]2c3[nH]c4ccc(F)cc4c3C[C@@H](N)N2CC(F)(F)CO)c1F. The first kappa shape index (κ1) is 28.1. The summed E-state index contributed by atoms with van der Waals surface area (Å²) in [5, 5.41) is 9.60. The third kappa shape index (κ3) is 5.75. The number of hydrogen-bond donors (Lipinski definition) is 3. The number of benzene rings is 1. The Morgan fingerprint density at radius 1 is 1.26 bits per heavy atom. The molecule has 4 rings (SSSR count). The second-order valence-corrected chi connectivity index (χ2v) is 9.40. The number of ether oxygens (including phenoxy) is 1. The molecule has 3 heterocycles. The number of hydrogen-bond acceptors (Lipinski definition) is 6. The molecule has 0 amide bonds. The normalized spacial score (nSPS) is 18.4. The molecular weight excluding hydrogens is 516 g/mol. The molecule has 1 aliphatic heterocycles. The van der Waals surface area contributed by atoms with Gasteiger partial charge in [-0.3, -0.25) is 9.29 Å². The lowest BCUT2D eigenvalue weighted by molar-refractivity contribution is -0.0879. The van der Waals surface area contributed by atoms with Gasteiger partial charge in [0, 0.05) is 36.1 Å². The Hall–Kier alpha value is -2.87. The Morgan fingerprint density at radius 3 is 2.74 bits per heavy atom. The number of H-pyrrole nitrogens is 1. The smallest absolute Gasteiger partial charge is 0.283 e. The van der Waals surface area contributed by atoms with E-state index in [0.717, 1.165) is 11.1 Å². The molecule has 208 valence electrons. The summed E-state index contributed by atoms with van der Waals surface area (Å²) in [4.78, 5) is 9.44. The van der Waals surface area contributed by atoms with E-state index < -0.39 is 66.9 Å². The van der Waals surface area contributed by atoms with Gasteiger partial charge in [-0.1, -0.05) is 0 Å². The predicted octanol–water partition coefficient (Wildman–Crippen LogP) is 3.51. The number of fused-ring (bicyclic) bond motifs is 3. The third-order valence-electron chi connectivity index (χ3n) is 6.63. The summed E-state index contributed by atoms with van der Waals surface area (Å²) in [6.45, 7) is -2.39. The van der Waals surface area contributed by atoms with Crippen LogP contribution in [0.2, 0.25) is 0 Å². The molecule has 1 aliphatic rings. The van der Waals surface area contributed by atoms with Gasteiger partial charge in [0.15, 0.2) is 5.82 Å². The van der Waals surface area contributed by atoms with Crippen molar-refractivity contribution in [1.29, 1.82) is 0 Å². The lowest BCUT2D eigenvalue weighted by Gasteiger charge is -2.41. The highest BCUT2D eigenvalue weighted by atomic mass is 19.3. The van der Waals surface area contributed by atoms with Gasteiger partial charge in [-0.05, 0) is 37.2 Å². The fourth-order valence-electron chi connectivity index (χ4n) is 4.77. The van der Waals surface area contributed by atoms with E-state index in [1.807, 2.05) is 0 Å². The van der Waals surface area contributed by atoms with Crippen LogP contribution in [-0.2, 0) is 6.42 Å². The van der Waals surface area contributed by atoms with E-state index in [9.17, 15) is 22.7 Å². The number of aromatic amines is 1. The van der Waals surface area contributed by atoms with Crippen molar-refractivity contribution in [3.63, 3.8) is 0 Å². The van der Waals surface area contributed by atoms with Crippen LogP contribution in [0, 0.1) is 17.5 Å². The third-order valence-corrected chi connectivity index (χ3v) is 6.63. The number of likely N-dealkylation sites (N-methyl/N-ethyl adjacent to an activating group) is 1. The van der Waals surface area contributed by atoms with Gasteiger partial charge in [0.1, 0.15) is 24.8 Å². The lowest BCUT2D eigenvalue weighted by Crippen LogP contribution is -2.54. The lowest BCUT2D eigenvalue weighted by atomic mass is 9.90. The second kappa shape index (κ2) is 11.5. The number of aliphatic hydroxyl groups is 1. The first-order valence-electron chi connectivity index (χ1n) is 12.1. The van der Waals surface area contributed by atoms with Crippen LogP contribution in [0.5, 0.6) is 5.88 Å². The molecule has 38 heavy (non-hydrogen) atoms. The van der Waals surface area contributed by atoms with Gasteiger partial charge >= 0.3 is 0 Å². The summed E-state index contributed by atoms with van der Waals surface area (Å²) in [6.07, 6.45) is -0.116. The Labute approximate surface area is 215 Å². The van der Waals surface area contributed by atoms with E-state index >= 15 is 8.78 Å². The van der Waals surface area contributed by atoms with Crippen LogP contribution in [0.1, 0.15) is 29.3 Å². The molecule has 0 unspecified atom stereocenters. The molecule has 0 fully saturated rings. The molecule has 13 heteroatoms. The molecule has 1 aromatic carbocycles. The number of nitrogens with zero attached hydrogens (tertiary/aromatic N) is 3. The van der Waals surface area contributed by atoms with Gasteiger partial charge in [-0.15, -0.1) is 0 Å². The minimum absolute atomic E-state index is 0.0142. The van der Waals surface area contributed by atoms with Gasteiger partial charge in [-0.2, -0.15) is 0 Å². The molecule has 4 N–H and O–H groups in total. The molecule has 2 atom stereocenters. The van der Waals surface area contributed by atoms with Crippen molar-refractivity contribution in [3.8, 4) is 5.88 Å². The van der Waals surface area contributed by atoms with Gasteiger partial charge in [0.2, 0.25) is 0 Å². The molecule has 0 bridgehead atoms. The van der Waals surface area contributed by atoms with Crippen LogP contribution in [-0.4, -0.2) is 83.5 Å². The molecular formula is C25H29F6N5O2. The molecule has 0 aliphatic carbocycles. The molecule has 0 spiro atoms. The van der Waals surface area contributed by atoms with Crippen molar-refractivity contribution >= 4 is 10.9 Å². The molecule has 0 saturated carbocycles. The van der Waals surface area contributed by atoms with Crippen LogP contribution in [0.4, 0.5) is 26.3 Å². The highest BCUT2D eigenvalue weighted by Gasteiger charge is 2.44. The average Bonchev–Trinajstić information content (AvgIpc) is 3.22. The summed E-state index contributed by atoms with van der Waals surface area (Å²) in [5.41, 5.74) is 6.66. The molecule has 0 radical (unpaired) electrons. The Balaban J connectivity index is 1.77. The number of aliphatic hydroxyl groups excluding tert-OH is 1. The summed E-state index contributed by atoms with van der Waals surface area (Å²) < 4.78 is 91.7. The topological polar surface area (TPSA) is 90.6 Å². The summed E-state index contributed by atoms with van der Waals surface area (Å²) in [7, 11) is 1.72. The van der Waals surface area contributed by atoms with Crippen LogP contribution < -0.4 is 10.5 Å². The Bertz CT molecular complexity index is 1270. The van der Waals surface area contributed by atoms with E-state index in [-0.39, 0.29) is 18.7 Å². The summed E-state index contributed by atoms with van der Waals surface area (Å²) in [5.74, 6) is -7.05. The highest BCUT2D eigenvalue weighted by molar-refractivity contribution is 5.85. The first-order valence-corrected chi connectivity index (χ1v) is 12.1. The fourth-order valence-corrected chi connectivity index (χ4v) is 4.77. The van der Waals surface area contributed by atoms with Crippen LogP contribution in [0.25, 0.3) is 10.9 Å². The minimum Gasteiger partial charge on any atom is -0.474 e. The van der Waals surface area contributed by atoms with Crippen LogP contribution in [0.15, 0.2) is 24.4 Å². The highest BCUT2D eigenvalue weighted by Crippen LogP contribution is 2.43. The maximum Gasteiger partial charge on any atom is 0.283 e. The van der Waals surface area contributed by atoms with E-state index in [0.29, 0.717) is 36.0 Å². The van der Waals surface area contributed by atoms with Gasteiger partial charge in [0.25, 0.3) is 11.8 Å². The van der Waals surface area contributed by atoms with Gasteiger partial charge < -0.3 is 25.5 Å². The van der Waals surface area contributed by atoms with Crippen molar-refractivity contribution in [2.24, 2.45) is 5.73 Å². The van der Waals surface area contributed by atoms with Crippen LogP contribution in [0.3, 0.4) is 0 Å². The van der Waals surface area contributed by atoms with Crippen LogP contribution >= 0.6 is 0 Å². The number of nitrogens with two attached hydrogens (primary N) is 1. The number of pyridine rings is 1. The number of aromatic nitrogens is 2. The number of rotatable bonds is 11. The monoisotopic (exact) mass is 545 g/mol. The number of alkyl halides is 3. The zero-order valence-electron chi connectivity index (χ0n) is 20.7. The van der Waals surface area contributed by atoms with Gasteiger partial charge in [-0.25, -0.2) is 26.9 Å². The number of nitrogens with one attached hydrogen (secondary N) is 1. The standard InChI is InChI=1S/C25H29F6N5O2/c1-35(6-2-5-26)7-8-38-24-21(29)20(17(28)11-33-24)23-22-16(15-9-14(27)3-4-18(15)34-22)10-19(32)36(23)12-25(30,31)13-37/h3-4,9,11,19,23,34,37H,2,5-8,10,12-13,32H2,1H3/t19-,23+/m0/s1. The zero-order valence-corrected chi connectivity index (χ0v) is 20.7. The largest absolute Gasteiger partial charge is 0.474 e. The Kier molecular flexibility index (Phi) is 8.50. The van der Waals surface area contributed by atoms with E-state index in [4.69, 9.17) is 10.5 Å². The van der Waals surface area contributed by atoms with E-state index in [1.54, 1.807) is 11.9 Å². The minimum atomic E-state index is -3.63. The molecule has 0 saturated heterocycles. The van der Waals surface area contributed by atoms with E-state index in [2.05, 4.69) is 9.97 Å². The first-order chi connectivity index (χ1) is 18.1. The maximum atomic E-state index is 15.8. The predicted molar refractivity (Wildman–Crippen MR) is 128 cm³/mol. The maximum absolute atomic E-state index is 15.8. The van der Waals surface area contributed by atoms with Crippen molar-refractivity contribution < 1.29 is 36.2 Å². The zero-order chi connectivity index (χ0) is 27.6. The molecule has 3 aromatic rings. The summed E-state index contributed by atoms with van der Waals surface area (Å²) >= 11 is 0. The van der Waals surface area contributed by atoms with E-state index in [1.165, 1.54) is 18.2 Å². The number of halogens is 6. The van der Waals surface area contributed by atoms with Crippen molar-refractivity contribution in [3.05, 3.63) is 58.7 Å².